The Morgan fingerprint density at radius 3 is 2.45 bits per heavy atom. The number of hydrogen-bond acceptors (Lipinski definition) is 3. The summed E-state index contributed by atoms with van der Waals surface area (Å²) in [4.78, 5) is 11.8. The minimum absolute atomic E-state index is 0.0819. The van der Waals surface area contributed by atoms with Crippen molar-refractivity contribution in [2.45, 2.75) is 57.3 Å². The Morgan fingerprint density at radius 1 is 1.20 bits per heavy atom. The Hall–Kier alpha value is -1.13. The second-order valence-electron chi connectivity index (χ2n) is 6.18. The summed E-state index contributed by atoms with van der Waals surface area (Å²) in [6.07, 6.45) is 6.08. The fourth-order valence-corrected chi connectivity index (χ4v) is 3.34. The van der Waals surface area contributed by atoms with E-state index < -0.39 is 0 Å². The summed E-state index contributed by atoms with van der Waals surface area (Å²) >= 11 is 0. The highest BCUT2D eigenvalue weighted by atomic mass is 16.7. The van der Waals surface area contributed by atoms with Gasteiger partial charge in [-0.3, -0.25) is 4.79 Å². The Bertz CT molecular complexity index is 519. The lowest BCUT2D eigenvalue weighted by atomic mass is 9.81. The van der Waals surface area contributed by atoms with Crippen LogP contribution in [-0.2, 0) is 9.47 Å². The van der Waals surface area contributed by atoms with Gasteiger partial charge in [0.25, 0.3) is 5.56 Å². The van der Waals surface area contributed by atoms with Crippen LogP contribution in [0.5, 0.6) is 0 Å². The van der Waals surface area contributed by atoms with Gasteiger partial charge in [-0.05, 0) is 38.2 Å². The number of hydrogen-bond donors (Lipinski definition) is 0. The van der Waals surface area contributed by atoms with Crippen molar-refractivity contribution < 1.29 is 9.47 Å². The van der Waals surface area contributed by atoms with E-state index in [1.54, 1.807) is 6.07 Å². The zero-order chi connectivity index (χ0) is 14.2. The molecule has 0 atom stereocenters. The predicted molar refractivity (Wildman–Crippen MR) is 76.9 cm³/mol. The molecule has 2 fully saturated rings. The molecule has 1 aliphatic heterocycles. The summed E-state index contributed by atoms with van der Waals surface area (Å²) in [5, 5.41) is 0. The van der Waals surface area contributed by atoms with Gasteiger partial charge in [-0.1, -0.05) is 6.07 Å². The van der Waals surface area contributed by atoms with E-state index in [1.165, 1.54) is 5.56 Å². The smallest absolute Gasteiger partial charge is 0.250 e. The molecule has 110 valence electrons. The van der Waals surface area contributed by atoms with Gasteiger partial charge in [0.15, 0.2) is 5.79 Å². The van der Waals surface area contributed by atoms with E-state index in [4.69, 9.17) is 9.47 Å². The van der Waals surface area contributed by atoms with Gasteiger partial charge >= 0.3 is 0 Å². The summed E-state index contributed by atoms with van der Waals surface area (Å²) in [5.41, 5.74) is 1.35. The molecule has 0 bridgehead atoms. The topological polar surface area (TPSA) is 40.5 Å². The molecule has 4 heteroatoms. The summed E-state index contributed by atoms with van der Waals surface area (Å²) in [6, 6.07) is 3.89. The van der Waals surface area contributed by atoms with Crippen molar-refractivity contribution in [1.82, 2.24) is 4.57 Å². The highest BCUT2D eigenvalue weighted by Gasteiger charge is 2.40. The molecule has 1 aromatic rings. The minimum atomic E-state index is -0.303. The Morgan fingerprint density at radius 2 is 1.85 bits per heavy atom. The Labute approximate surface area is 119 Å². The van der Waals surface area contributed by atoms with Gasteiger partial charge in [-0.2, -0.15) is 0 Å². The van der Waals surface area contributed by atoms with E-state index in [9.17, 15) is 4.79 Å². The van der Waals surface area contributed by atoms with Crippen LogP contribution < -0.4 is 5.56 Å². The van der Waals surface area contributed by atoms with Crippen LogP contribution in [-0.4, -0.2) is 23.6 Å². The van der Waals surface area contributed by atoms with Crippen LogP contribution in [0.25, 0.3) is 0 Å². The molecule has 0 N–H and O–H groups in total. The fourth-order valence-electron chi connectivity index (χ4n) is 3.34. The SMILES string of the molecule is CC(C)n1cc(C2CCC3(CC2)OCCO3)ccc1=O. The normalized spacial score (nSPS) is 22.8. The van der Waals surface area contributed by atoms with Crippen molar-refractivity contribution >= 4 is 0 Å². The maximum absolute atomic E-state index is 11.8. The van der Waals surface area contributed by atoms with Gasteiger partial charge < -0.3 is 14.0 Å². The van der Waals surface area contributed by atoms with Crippen LogP contribution in [0.2, 0.25) is 0 Å². The average Bonchev–Trinajstić information content (AvgIpc) is 2.88. The lowest BCUT2D eigenvalue weighted by Crippen LogP contribution is -2.34. The van der Waals surface area contributed by atoms with E-state index in [0.717, 1.165) is 38.9 Å². The van der Waals surface area contributed by atoms with Gasteiger partial charge in [-0.15, -0.1) is 0 Å². The van der Waals surface area contributed by atoms with Crippen LogP contribution >= 0.6 is 0 Å². The predicted octanol–water partition coefficient (Wildman–Crippen LogP) is 2.83. The lowest BCUT2D eigenvalue weighted by Gasteiger charge is -2.35. The number of pyridine rings is 1. The lowest BCUT2D eigenvalue weighted by molar-refractivity contribution is -0.178. The molecule has 20 heavy (non-hydrogen) atoms. The van der Waals surface area contributed by atoms with Crippen molar-refractivity contribution in [3.05, 3.63) is 34.2 Å². The zero-order valence-electron chi connectivity index (χ0n) is 12.3. The molecule has 1 saturated carbocycles. The maximum atomic E-state index is 11.8. The molecule has 1 aromatic heterocycles. The van der Waals surface area contributed by atoms with Gasteiger partial charge in [0.05, 0.1) is 13.2 Å². The summed E-state index contributed by atoms with van der Waals surface area (Å²) in [5.74, 6) is 0.210. The van der Waals surface area contributed by atoms with E-state index in [2.05, 4.69) is 0 Å². The van der Waals surface area contributed by atoms with E-state index in [-0.39, 0.29) is 17.4 Å². The Kier molecular flexibility index (Phi) is 3.69. The first-order valence-corrected chi connectivity index (χ1v) is 7.60. The van der Waals surface area contributed by atoms with Crippen molar-refractivity contribution in [1.29, 1.82) is 0 Å². The molecule has 1 aliphatic carbocycles. The monoisotopic (exact) mass is 277 g/mol. The average molecular weight is 277 g/mol. The van der Waals surface area contributed by atoms with Crippen LogP contribution in [0.1, 0.15) is 57.1 Å². The number of ether oxygens (including phenoxy) is 2. The molecule has 2 aliphatic rings. The number of nitrogens with zero attached hydrogens (tertiary/aromatic N) is 1. The highest BCUT2D eigenvalue weighted by molar-refractivity contribution is 5.17. The molecule has 0 amide bonds. The van der Waals surface area contributed by atoms with Crippen molar-refractivity contribution in [3.63, 3.8) is 0 Å². The van der Waals surface area contributed by atoms with Crippen molar-refractivity contribution in [3.8, 4) is 0 Å². The Balaban J connectivity index is 1.75. The van der Waals surface area contributed by atoms with Crippen LogP contribution in [0.3, 0.4) is 0 Å². The molecule has 0 aromatic carbocycles. The quantitative estimate of drug-likeness (QED) is 0.834. The standard InChI is InChI=1S/C16H23NO3/c1-12(2)17-11-14(3-4-15(17)18)13-5-7-16(8-6-13)19-9-10-20-16/h3-4,11-13H,5-10H2,1-2H3. The van der Waals surface area contributed by atoms with E-state index >= 15 is 0 Å². The summed E-state index contributed by atoms with van der Waals surface area (Å²) < 4.78 is 13.4. The molecular weight excluding hydrogens is 254 g/mol. The van der Waals surface area contributed by atoms with Crippen LogP contribution in [0, 0.1) is 0 Å². The molecule has 0 unspecified atom stereocenters. The van der Waals surface area contributed by atoms with Gasteiger partial charge in [0.2, 0.25) is 0 Å². The highest BCUT2D eigenvalue weighted by Crippen LogP contribution is 2.42. The van der Waals surface area contributed by atoms with Crippen LogP contribution in [0.4, 0.5) is 0 Å². The molecule has 1 spiro atoms. The first-order valence-electron chi connectivity index (χ1n) is 7.60. The maximum Gasteiger partial charge on any atom is 0.250 e. The van der Waals surface area contributed by atoms with Crippen molar-refractivity contribution in [2.24, 2.45) is 0 Å². The molecular formula is C16H23NO3. The first-order chi connectivity index (χ1) is 9.60. The third kappa shape index (κ3) is 2.54. The molecule has 3 rings (SSSR count). The van der Waals surface area contributed by atoms with E-state index in [1.807, 2.05) is 30.7 Å². The van der Waals surface area contributed by atoms with Crippen molar-refractivity contribution in [2.75, 3.05) is 13.2 Å². The molecule has 2 heterocycles. The third-order valence-corrected chi connectivity index (χ3v) is 4.55. The van der Waals surface area contributed by atoms with E-state index in [0.29, 0.717) is 5.92 Å². The van der Waals surface area contributed by atoms with Gasteiger partial charge in [-0.25, -0.2) is 0 Å². The summed E-state index contributed by atoms with van der Waals surface area (Å²) in [7, 11) is 0. The molecule has 0 radical (unpaired) electrons. The second-order valence-corrected chi connectivity index (χ2v) is 6.18. The largest absolute Gasteiger partial charge is 0.348 e. The zero-order valence-corrected chi connectivity index (χ0v) is 12.3. The van der Waals surface area contributed by atoms with Crippen LogP contribution in [0.15, 0.2) is 23.1 Å². The third-order valence-electron chi connectivity index (χ3n) is 4.55. The molecule has 4 nitrogen and oxygen atoms in total. The first kappa shape index (κ1) is 13.8. The fraction of sp³-hybridized carbons (Fsp3) is 0.688. The minimum Gasteiger partial charge on any atom is -0.348 e. The molecule has 1 saturated heterocycles. The van der Waals surface area contributed by atoms with Gasteiger partial charge in [0.1, 0.15) is 0 Å². The van der Waals surface area contributed by atoms with Gasteiger partial charge in [0, 0.05) is 31.1 Å². The summed E-state index contributed by atoms with van der Waals surface area (Å²) in [6.45, 7) is 5.54. The number of aromatic nitrogens is 1. The second kappa shape index (κ2) is 5.34. The number of rotatable bonds is 2.